The molecule has 30 heavy (non-hydrogen) atoms. The highest BCUT2D eigenvalue weighted by Gasteiger charge is 2.10. The molecule has 0 radical (unpaired) electrons. The van der Waals surface area contributed by atoms with E-state index in [1.54, 1.807) is 12.1 Å². The predicted octanol–water partition coefficient (Wildman–Crippen LogP) is 3.33. The van der Waals surface area contributed by atoms with E-state index in [0.717, 1.165) is 33.0 Å². The third-order valence-electron chi connectivity index (χ3n) is 4.41. The van der Waals surface area contributed by atoms with Gasteiger partial charge in [0.25, 0.3) is 0 Å². The Balaban J connectivity index is 0.00000256. The Kier molecular flexibility index (Phi) is 7.37. The van der Waals surface area contributed by atoms with Gasteiger partial charge in [-0.2, -0.15) is 5.10 Å². The molecule has 0 spiro atoms. The monoisotopic (exact) mass is 500 g/mol. The summed E-state index contributed by atoms with van der Waals surface area (Å²) >= 11 is 7.44. The fourth-order valence-electron chi connectivity index (χ4n) is 2.90. The fourth-order valence-corrected chi connectivity index (χ4v) is 3.88. The van der Waals surface area contributed by atoms with Crippen molar-refractivity contribution in [1.82, 2.24) is 4.57 Å². The summed E-state index contributed by atoms with van der Waals surface area (Å²) in [5.41, 5.74) is 4.55. The molecular weight excluding hydrogens is 485 g/mol. The van der Waals surface area contributed by atoms with Crippen LogP contribution in [-0.4, -0.2) is 10.3 Å². The molecule has 4 rings (SSSR count). The van der Waals surface area contributed by atoms with Crippen LogP contribution >= 0.6 is 22.9 Å². The van der Waals surface area contributed by atoms with Crippen molar-refractivity contribution in [3.8, 4) is 16.9 Å². The SMILES string of the molecule is C/C(=N\N=c1\scc(-c2ccc(F)cc2)n1-c1ccccc1)c1ccc(Cl)cc1.[Br-]. The molecule has 0 aliphatic heterocycles. The first-order valence-electron chi connectivity index (χ1n) is 8.98. The van der Waals surface area contributed by atoms with Crippen molar-refractivity contribution in [2.75, 3.05) is 0 Å². The first-order chi connectivity index (χ1) is 14.1. The van der Waals surface area contributed by atoms with Gasteiger partial charge in [-0.05, 0) is 66.6 Å². The van der Waals surface area contributed by atoms with E-state index >= 15 is 0 Å². The topological polar surface area (TPSA) is 29.6 Å². The van der Waals surface area contributed by atoms with Gasteiger partial charge in [-0.3, -0.25) is 4.57 Å². The standard InChI is InChI=1S/C23H17ClFN3S.BrH/c1-16(17-7-11-19(24)12-8-17)26-27-23-28(21-5-3-2-4-6-21)22(15-29-23)18-9-13-20(25)14-10-18;/h2-15H,1H3;1H/p-1/b26-16+,27-23+;. The summed E-state index contributed by atoms with van der Waals surface area (Å²) in [6.45, 7) is 1.91. The summed E-state index contributed by atoms with van der Waals surface area (Å²) in [7, 11) is 0. The maximum absolute atomic E-state index is 13.4. The van der Waals surface area contributed by atoms with Gasteiger partial charge >= 0.3 is 0 Å². The molecular formula is C23H17BrClFN3S-. The van der Waals surface area contributed by atoms with E-state index in [1.165, 1.54) is 23.5 Å². The Bertz CT molecular complexity index is 1210. The maximum atomic E-state index is 13.4. The van der Waals surface area contributed by atoms with Crippen LogP contribution in [0.1, 0.15) is 12.5 Å². The molecule has 0 fully saturated rings. The van der Waals surface area contributed by atoms with Gasteiger partial charge in [-0.15, -0.1) is 16.4 Å². The Morgan fingerprint density at radius 1 is 0.933 bits per heavy atom. The van der Waals surface area contributed by atoms with Gasteiger partial charge in [0.15, 0.2) is 0 Å². The first-order valence-corrected chi connectivity index (χ1v) is 10.2. The molecule has 4 aromatic rings. The molecule has 0 saturated carbocycles. The van der Waals surface area contributed by atoms with Crippen LogP contribution in [0.25, 0.3) is 16.9 Å². The minimum absolute atomic E-state index is 0. The number of hydrogen-bond donors (Lipinski definition) is 0. The number of hydrogen-bond acceptors (Lipinski definition) is 3. The van der Waals surface area contributed by atoms with Gasteiger partial charge in [0.05, 0.1) is 11.4 Å². The zero-order valence-electron chi connectivity index (χ0n) is 16.0. The lowest BCUT2D eigenvalue weighted by atomic mass is 10.1. The van der Waals surface area contributed by atoms with Gasteiger partial charge in [-0.1, -0.05) is 41.9 Å². The lowest BCUT2D eigenvalue weighted by molar-refractivity contribution is -0.00000629. The third-order valence-corrected chi connectivity index (χ3v) is 5.48. The van der Waals surface area contributed by atoms with Crippen LogP contribution < -0.4 is 21.8 Å². The average molecular weight is 502 g/mol. The predicted molar refractivity (Wildman–Crippen MR) is 118 cm³/mol. The number of para-hydroxylation sites is 1. The van der Waals surface area contributed by atoms with Crippen molar-refractivity contribution in [2.45, 2.75) is 6.92 Å². The molecule has 0 atom stereocenters. The molecule has 3 nitrogen and oxygen atoms in total. The largest absolute Gasteiger partial charge is 1.00 e. The number of benzene rings is 3. The van der Waals surface area contributed by atoms with E-state index < -0.39 is 0 Å². The molecule has 0 N–H and O–H groups in total. The molecule has 0 aliphatic rings. The average Bonchev–Trinajstić information content (AvgIpc) is 3.17. The molecule has 0 bridgehead atoms. The van der Waals surface area contributed by atoms with E-state index in [9.17, 15) is 4.39 Å². The van der Waals surface area contributed by atoms with Gasteiger partial charge in [-0.25, -0.2) is 4.39 Å². The molecule has 0 unspecified atom stereocenters. The Morgan fingerprint density at radius 2 is 1.60 bits per heavy atom. The normalized spacial score (nSPS) is 12.0. The van der Waals surface area contributed by atoms with E-state index in [2.05, 4.69) is 10.2 Å². The molecule has 1 heterocycles. The Labute approximate surface area is 193 Å². The van der Waals surface area contributed by atoms with Gasteiger partial charge in [0.1, 0.15) is 5.82 Å². The van der Waals surface area contributed by atoms with Crippen molar-refractivity contribution < 1.29 is 21.4 Å². The summed E-state index contributed by atoms with van der Waals surface area (Å²) in [6.07, 6.45) is 0. The molecule has 1 aromatic heterocycles. The van der Waals surface area contributed by atoms with Crippen molar-refractivity contribution in [1.29, 1.82) is 0 Å². The molecule has 0 saturated heterocycles. The molecule has 0 aliphatic carbocycles. The van der Waals surface area contributed by atoms with Crippen molar-refractivity contribution in [3.63, 3.8) is 0 Å². The van der Waals surface area contributed by atoms with Crippen LogP contribution in [0.2, 0.25) is 5.02 Å². The number of nitrogens with zero attached hydrogens (tertiary/aromatic N) is 3. The number of halogens is 3. The second kappa shape index (κ2) is 9.98. The third kappa shape index (κ3) is 4.95. The van der Waals surface area contributed by atoms with Crippen LogP contribution in [0.4, 0.5) is 4.39 Å². The van der Waals surface area contributed by atoms with Gasteiger partial charge < -0.3 is 17.0 Å². The summed E-state index contributed by atoms with van der Waals surface area (Å²) in [5.74, 6) is -0.261. The van der Waals surface area contributed by atoms with Crippen LogP contribution in [0.5, 0.6) is 0 Å². The van der Waals surface area contributed by atoms with Crippen LogP contribution in [0.15, 0.2) is 94.4 Å². The van der Waals surface area contributed by atoms with Crippen molar-refractivity contribution in [3.05, 3.63) is 105 Å². The summed E-state index contributed by atoms with van der Waals surface area (Å²) in [4.78, 5) is 0.726. The minimum Gasteiger partial charge on any atom is -1.00 e. The highest BCUT2D eigenvalue weighted by molar-refractivity contribution is 7.07. The molecule has 152 valence electrons. The Hall–Kier alpha value is -2.54. The smallest absolute Gasteiger partial charge is 0.215 e. The number of thiazole rings is 1. The zero-order chi connectivity index (χ0) is 20.2. The second-order valence-electron chi connectivity index (χ2n) is 6.37. The molecule has 0 amide bonds. The van der Waals surface area contributed by atoms with Crippen LogP contribution in [0.3, 0.4) is 0 Å². The quantitative estimate of drug-likeness (QED) is 0.303. The van der Waals surface area contributed by atoms with E-state index in [4.69, 9.17) is 11.6 Å². The maximum Gasteiger partial charge on any atom is 0.215 e. The van der Waals surface area contributed by atoms with Crippen LogP contribution in [-0.2, 0) is 0 Å². The second-order valence-corrected chi connectivity index (χ2v) is 7.65. The summed E-state index contributed by atoms with van der Waals surface area (Å²) in [6, 6.07) is 23.9. The van der Waals surface area contributed by atoms with Crippen molar-refractivity contribution in [2.24, 2.45) is 10.2 Å². The highest BCUT2D eigenvalue weighted by atomic mass is 79.9. The Morgan fingerprint density at radius 3 is 2.27 bits per heavy atom. The van der Waals surface area contributed by atoms with Gasteiger partial charge in [0, 0.05) is 16.1 Å². The zero-order valence-corrected chi connectivity index (χ0v) is 19.1. The van der Waals surface area contributed by atoms with Crippen molar-refractivity contribution >= 4 is 28.6 Å². The van der Waals surface area contributed by atoms with E-state index in [0.29, 0.717) is 5.02 Å². The number of rotatable bonds is 4. The van der Waals surface area contributed by atoms with E-state index in [-0.39, 0.29) is 22.8 Å². The lowest BCUT2D eigenvalue weighted by Crippen LogP contribution is -3.00. The van der Waals surface area contributed by atoms with E-state index in [1.807, 2.05) is 71.5 Å². The van der Waals surface area contributed by atoms with Crippen LogP contribution in [0, 0.1) is 5.82 Å². The number of aromatic nitrogens is 1. The minimum atomic E-state index is -0.261. The summed E-state index contributed by atoms with van der Waals surface area (Å²) < 4.78 is 15.4. The van der Waals surface area contributed by atoms with Gasteiger partial charge in [0.2, 0.25) is 4.80 Å². The molecule has 7 heteroatoms. The fraction of sp³-hybridized carbons (Fsp3) is 0.0435. The highest BCUT2D eigenvalue weighted by Crippen LogP contribution is 2.23. The summed E-state index contributed by atoms with van der Waals surface area (Å²) in [5, 5.41) is 11.6. The first kappa shape index (κ1) is 22.2. The lowest BCUT2D eigenvalue weighted by Gasteiger charge is -2.09. The molecule has 3 aromatic carbocycles.